The third-order valence-electron chi connectivity index (χ3n) is 7.33. The normalized spacial score (nSPS) is 20.7. The Morgan fingerprint density at radius 2 is 1.48 bits per heavy atom. The van der Waals surface area contributed by atoms with Gasteiger partial charge in [-0.3, -0.25) is 4.90 Å². The Bertz CT molecular complexity index is 931. The molecule has 0 atom stereocenters. The van der Waals surface area contributed by atoms with E-state index in [2.05, 4.69) is 88.0 Å². The Balaban J connectivity index is 1.60. The van der Waals surface area contributed by atoms with Crippen molar-refractivity contribution in [1.82, 2.24) is 4.90 Å². The Morgan fingerprint density at radius 3 is 2.06 bits per heavy atom. The maximum Gasteiger partial charge on any atom is 0.495 e. The van der Waals surface area contributed by atoms with Gasteiger partial charge in [-0.15, -0.1) is 0 Å². The fourth-order valence-corrected chi connectivity index (χ4v) is 4.63. The van der Waals surface area contributed by atoms with Crippen LogP contribution in [-0.4, -0.2) is 49.5 Å². The summed E-state index contributed by atoms with van der Waals surface area (Å²) >= 11 is 0. The van der Waals surface area contributed by atoms with Crippen molar-refractivity contribution in [1.29, 1.82) is 0 Å². The summed E-state index contributed by atoms with van der Waals surface area (Å²) in [6, 6.07) is 19.0. The van der Waals surface area contributed by atoms with Gasteiger partial charge in [0.25, 0.3) is 0 Å². The molecule has 2 aliphatic heterocycles. The van der Waals surface area contributed by atoms with Crippen molar-refractivity contribution in [3.05, 3.63) is 65.7 Å². The number of hydrogen-bond acceptors (Lipinski definition) is 4. The molecule has 0 aromatic heterocycles. The Labute approximate surface area is 200 Å². The highest BCUT2D eigenvalue weighted by Gasteiger charge is 2.53. The molecule has 0 radical (unpaired) electrons. The van der Waals surface area contributed by atoms with Crippen molar-refractivity contribution in [2.75, 3.05) is 26.2 Å². The van der Waals surface area contributed by atoms with Crippen molar-refractivity contribution >= 4 is 18.2 Å². The molecule has 0 unspecified atom stereocenters. The molecule has 176 valence electrons. The molecule has 4 nitrogen and oxygen atoms in total. The first-order valence-electron chi connectivity index (χ1n) is 12.4. The van der Waals surface area contributed by atoms with Gasteiger partial charge in [0, 0.05) is 6.54 Å². The second-order valence-corrected chi connectivity index (χ2v) is 10.1. The minimum atomic E-state index is -0.413. The van der Waals surface area contributed by atoms with E-state index in [0.29, 0.717) is 0 Å². The van der Waals surface area contributed by atoms with E-state index < -0.39 is 7.12 Å². The van der Waals surface area contributed by atoms with Crippen molar-refractivity contribution in [2.45, 2.75) is 65.1 Å². The van der Waals surface area contributed by atoms with Crippen LogP contribution in [0.5, 0.6) is 5.75 Å². The first-order valence-corrected chi connectivity index (χ1v) is 12.4. The molecule has 2 fully saturated rings. The molecular formula is C28H38BNO3. The summed E-state index contributed by atoms with van der Waals surface area (Å²) in [5.41, 5.74) is 3.90. The van der Waals surface area contributed by atoms with Crippen molar-refractivity contribution in [3.63, 3.8) is 0 Å². The quantitative estimate of drug-likeness (QED) is 0.361. The van der Waals surface area contributed by atoms with E-state index in [9.17, 15) is 0 Å². The molecule has 5 heteroatoms. The maximum absolute atomic E-state index is 6.50. The van der Waals surface area contributed by atoms with Gasteiger partial charge in [-0.05, 0) is 94.4 Å². The van der Waals surface area contributed by atoms with E-state index >= 15 is 0 Å². The van der Waals surface area contributed by atoms with Crippen LogP contribution in [-0.2, 0) is 9.31 Å². The van der Waals surface area contributed by atoms with Gasteiger partial charge in [0.05, 0.1) is 11.2 Å². The largest absolute Gasteiger partial charge is 0.495 e. The third kappa shape index (κ3) is 5.37. The van der Waals surface area contributed by atoms with Crippen LogP contribution in [0, 0.1) is 0 Å². The van der Waals surface area contributed by atoms with Crippen LogP contribution >= 0.6 is 0 Å². The van der Waals surface area contributed by atoms with E-state index in [1.807, 2.05) is 6.07 Å². The lowest BCUT2D eigenvalue weighted by molar-refractivity contribution is 0.00578. The highest BCUT2D eigenvalue weighted by atomic mass is 16.7. The molecule has 2 saturated heterocycles. The fourth-order valence-electron chi connectivity index (χ4n) is 4.63. The predicted octanol–water partition coefficient (Wildman–Crippen LogP) is 6.11. The van der Waals surface area contributed by atoms with Gasteiger partial charge in [0.15, 0.2) is 0 Å². The van der Waals surface area contributed by atoms with Crippen LogP contribution < -0.4 is 4.74 Å². The zero-order chi connectivity index (χ0) is 23.5. The van der Waals surface area contributed by atoms with E-state index in [0.717, 1.165) is 36.4 Å². The highest BCUT2D eigenvalue weighted by molar-refractivity contribution is 6.71. The molecule has 2 aromatic rings. The van der Waals surface area contributed by atoms with Crippen molar-refractivity contribution in [2.24, 2.45) is 0 Å². The van der Waals surface area contributed by atoms with Crippen molar-refractivity contribution < 1.29 is 14.0 Å². The van der Waals surface area contributed by atoms with Gasteiger partial charge in [-0.1, -0.05) is 49.4 Å². The molecule has 0 spiro atoms. The zero-order valence-corrected chi connectivity index (χ0v) is 20.9. The van der Waals surface area contributed by atoms with Gasteiger partial charge in [-0.2, -0.15) is 0 Å². The number of benzene rings is 2. The van der Waals surface area contributed by atoms with E-state index in [1.54, 1.807) is 0 Å². The van der Waals surface area contributed by atoms with E-state index in [-0.39, 0.29) is 11.2 Å². The smallest absolute Gasteiger partial charge is 0.492 e. The minimum absolute atomic E-state index is 0.385. The summed E-state index contributed by atoms with van der Waals surface area (Å²) in [7, 11) is -0.413. The lowest BCUT2D eigenvalue weighted by atomic mass is 9.69. The fraction of sp³-hybridized carbons (Fsp3) is 0.500. The number of nitrogens with zero attached hydrogens (tertiary/aromatic N) is 1. The number of allylic oxidation sites excluding steroid dienone is 1. The number of ether oxygens (including phenoxy) is 1. The average Bonchev–Trinajstić information content (AvgIpc) is 3.38. The second-order valence-electron chi connectivity index (χ2n) is 10.1. The molecule has 2 aromatic carbocycles. The van der Waals surface area contributed by atoms with E-state index in [4.69, 9.17) is 14.0 Å². The first kappa shape index (κ1) is 24.1. The molecule has 0 amide bonds. The molecule has 2 heterocycles. The molecule has 33 heavy (non-hydrogen) atoms. The van der Waals surface area contributed by atoms with Crippen LogP contribution in [0.25, 0.3) is 11.0 Å². The molecule has 0 aliphatic carbocycles. The Morgan fingerprint density at radius 1 is 0.879 bits per heavy atom. The number of rotatable bonds is 8. The topological polar surface area (TPSA) is 30.9 Å². The molecule has 4 rings (SSSR count). The molecule has 2 aliphatic rings. The number of likely N-dealkylation sites (tertiary alicyclic amines) is 1. The summed E-state index contributed by atoms with van der Waals surface area (Å²) in [4.78, 5) is 2.48. The zero-order valence-electron chi connectivity index (χ0n) is 20.9. The van der Waals surface area contributed by atoms with Crippen LogP contribution in [0.1, 0.15) is 65.0 Å². The minimum Gasteiger partial charge on any atom is -0.492 e. The third-order valence-corrected chi connectivity index (χ3v) is 7.33. The van der Waals surface area contributed by atoms with Gasteiger partial charge in [-0.25, -0.2) is 0 Å². The maximum atomic E-state index is 6.50. The predicted molar refractivity (Wildman–Crippen MR) is 137 cm³/mol. The molecule has 0 N–H and O–H groups in total. The first-order chi connectivity index (χ1) is 15.8. The molecule has 0 bridgehead atoms. The van der Waals surface area contributed by atoms with E-state index in [1.165, 1.54) is 37.1 Å². The monoisotopic (exact) mass is 447 g/mol. The van der Waals surface area contributed by atoms with Crippen LogP contribution in [0.15, 0.2) is 54.6 Å². The molecular weight excluding hydrogens is 409 g/mol. The van der Waals surface area contributed by atoms with Gasteiger partial charge < -0.3 is 14.0 Å². The highest BCUT2D eigenvalue weighted by Crippen LogP contribution is 2.43. The van der Waals surface area contributed by atoms with Crippen molar-refractivity contribution in [3.8, 4) is 5.75 Å². The summed E-state index contributed by atoms with van der Waals surface area (Å²) in [6.07, 6.45) is 3.50. The van der Waals surface area contributed by atoms with Crippen LogP contribution in [0.3, 0.4) is 0 Å². The summed E-state index contributed by atoms with van der Waals surface area (Å²) < 4.78 is 19.0. The van der Waals surface area contributed by atoms with Crippen LogP contribution in [0.4, 0.5) is 0 Å². The lowest BCUT2D eigenvalue weighted by Gasteiger charge is -2.32. The summed E-state index contributed by atoms with van der Waals surface area (Å²) in [5, 5.41) is 0. The summed E-state index contributed by atoms with van der Waals surface area (Å²) in [5.74, 6) is 0.922. The Kier molecular flexibility index (Phi) is 7.32. The molecule has 0 saturated carbocycles. The van der Waals surface area contributed by atoms with Gasteiger partial charge >= 0.3 is 7.12 Å². The summed E-state index contributed by atoms with van der Waals surface area (Å²) in [6.45, 7) is 14.8. The number of hydrogen-bond donors (Lipinski definition) is 0. The standard InChI is InChI=1S/C28H38BNO3/c1-6-25(22-14-16-24(17-15-22)31-21-20-30-18-10-11-19-30)26(23-12-8-7-9-13-23)29-32-27(2,3)28(4,5)33-29/h7-9,12-17H,6,10-11,18-21H2,1-5H3/b26-25-. The van der Waals surface area contributed by atoms with Gasteiger partial charge in [0.2, 0.25) is 0 Å². The Hall–Kier alpha value is -2.08. The van der Waals surface area contributed by atoms with Crippen LogP contribution in [0.2, 0.25) is 0 Å². The SMILES string of the molecule is CC/C(=C(/B1OC(C)(C)C(C)(C)O1)c1ccccc1)c1ccc(OCCN2CCCC2)cc1. The lowest BCUT2D eigenvalue weighted by Crippen LogP contribution is -2.41. The average molecular weight is 447 g/mol. The van der Waals surface area contributed by atoms with Gasteiger partial charge in [0.1, 0.15) is 12.4 Å². The second kappa shape index (κ2) is 10.0.